The molecule has 1 atom stereocenters. The lowest BCUT2D eigenvalue weighted by molar-refractivity contribution is 0.00821. The maximum atomic E-state index is 12.8. The van der Waals surface area contributed by atoms with Gasteiger partial charge in [-0.3, -0.25) is 4.90 Å². The first-order valence-corrected chi connectivity index (χ1v) is 13.6. The zero-order valence-corrected chi connectivity index (χ0v) is 23.2. The molecule has 218 valence electrons. The predicted octanol–water partition coefficient (Wildman–Crippen LogP) is 5.29. The number of carbonyl (C=O) groups excluding carboxylic acids is 2. The van der Waals surface area contributed by atoms with E-state index in [-0.39, 0.29) is 6.54 Å². The number of rotatable bonds is 10. The van der Waals surface area contributed by atoms with Crippen LogP contribution in [0.3, 0.4) is 0 Å². The summed E-state index contributed by atoms with van der Waals surface area (Å²) in [6, 6.07) is 21.7. The summed E-state index contributed by atoms with van der Waals surface area (Å²) >= 11 is 0. The standard InChI is InChI=1S/C31H33N5O6/c1-39-27-17-25(10-11-26(27)28-19-32-21-41-28)35-30(37)34-24-9-5-6-22(16-24)18-33-31(38)42-29(23-7-3-2-4-8-23)20-36-12-14-40-15-13-36/h2-11,16-17,19,21,29H,12-15,18,20H2,1H3,(H,33,38)(H2,34,35,37)/t29-/m0/s1. The topological polar surface area (TPSA) is 127 Å². The van der Waals surface area contributed by atoms with Crippen molar-refractivity contribution in [3.05, 3.63) is 96.5 Å². The Morgan fingerprint density at radius 2 is 1.76 bits per heavy atom. The van der Waals surface area contributed by atoms with Crippen LogP contribution < -0.4 is 20.7 Å². The largest absolute Gasteiger partial charge is 0.496 e. The zero-order chi connectivity index (χ0) is 29.1. The van der Waals surface area contributed by atoms with E-state index in [1.54, 1.807) is 49.7 Å². The van der Waals surface area contributed by atoms with Gasteiger partial charge in [0.25, 0.3) is 0 Å². The molecular weight excluding hydrogens is 538 g/mol. The summed E-state index contributed by atoms with van der Waals surface area (Å²) in [5.74, 6) is 1.09. The van der Waals surface area contributed by atoms with E-state index in [2.05, 4.69) is 25.8 Å². The fourth-order valence-electron chi connectivity index (χ4n) is 4.62. The molecule has 5 rings (SSSR count). The third-order valence-electron chi connectivity index (χ3n) is 6.73. The van der Waals surface area contributed by atoms with Gasteiger partial charge < -0.3 is 34.6 Å². The smallest absolute Gasteiger partial charge is 0.408 e. The van der Waals surface area contributed by atoms with E-state index in [1.807, 2.05) is 36.4 Å². The highest BCUT2D eigenvalue weighted by Gasteiger charge is 2.22. The lowest BCUT2D eigenvalue weighted by atomic mass is 10.1. The van der Waals surface area contributed by atoms with Gasteiger partial charge in [0.2, 0.25) is 0 Å². The molecule has 4 aromatic rings. The van der Waals surface area contributed by atoms with Gasteiger partial charge in [-0.25, -0.2) is 14.6 Å². The molecule has 0 saturated carbocycles. The lowest BCUT2D eigenvalue weighted by Gasteiger charge is -2.30. The second kappa shape index (κ2) is 14.2. The first-order chi connectivity index (χ1) is 20.6. The molecule has 1 aliphatic rings. The predicted molar refractivity (Wildman–Crippen MR) is 157 cm³/mol. The van der Waals surface area contributed by atoms with Crippen LogP contribution in [0.15, 0.2) is 89.8 Å². The van der Waals surface area contributed by atoms with E-state index in [0.717, 1.165) is 29.8 Å². The molecule has 3 amide bonds. The van der Waals surface area contributed by atoms with Gasteiger partial charge in [-0.1, -0.05) is 42.5 Å². The lowest BCUT2D eigenvalue weighted by Crippen LogP contribution is -2.40. The molecule has 1 aliphatic heterocycles. The van der Waals surface area contributed by atoms with Crippen molar-refractivity contribution in [2.24, 2.45) is 0 Å². The molecule has 11 nitrogen and oxygen atoms in total. The molecule has 1 fully saturated rings. The number of morpholine rings is 1. The van der Waals surface area contributed by atoms with Crippen LogP contribution >= 0.6 is 0 Å². The van der Waals surface area contributed by atoms with Gasteiger partial charge in [-0.05, 0) is 35.4 Å². The summed E-state index contributed by atoms with van der Waals surface area (Å²) in [5.41, 5.74) is 3.56. The van der Waals surface area contributed by atoms with Gasteiger partial charge in [-0.2, -0.15) is 0 Å². The minimum absolute atomic E-state index is 0.231. The van der Waals surface area contributed by atoms with Crippen molar-refractivity contribution in [3.63, 3.8) is 0 Å². The fourth-order valence-corrected chi connectivity index (χ4v) is 4.62. The second-order valence-electron chi connectivity index (χ2n) is 9.63. The second-order valence-corrected chi connectivity index (χ2v) is 9.63. The van der Waals surface area contributed by atoms with Gasteiger partial charge in [0.1, 0.15) is 11.9 Å². The maximum absolute atomic E-state index is 12.8. The molecule has 3 N–H and O–H groups in total. The Balaban J connectivity index is 1.15. The number of amides is 3. The molecule has 0 aliphatic carbocycles. The molecule has 11 heteroatoms. The SMILES string of the molecule is COc1cc(NC(=O)Nc2cccc(CNC(=O)O[C@@H](CN3CCOCC3)c3ccccc3)c2)ccc1-c1cnco1. The summed E-state index contributed by atoms with van der Waals surface area (Å²) in [5, 5.41) is 8.45. The molecule has 0 spiro atoms. The van der Waals surface area contributed by atoms with Crippen molar-refractivity contribution in [1.82, 2.24) is 15.2 Å². The number of methoxy groups -OCH3 is 1. The molecule has 42 heavy (non-hydrogen) atoms. The van der Waals surface area contributed by atoms with Crippen LogP contribution in [0.4, 0.5) is 21.0 Å². The minimum atomic E-state index is -0.518. The van der Waals surface area contributed by atoms with Crippen molar-refractivity contribution >= 4 is 23.5 Å². The number of hydrogen-bond donors (Lipinski definition) is 3. The number of benzene rings is 3. The molecule has 1 saturated heterocycles. The Hall–Kier alpha value is -4.87. The average Bonchev–Trinajstić information content (AvgIpc) is 3.56. The van der Waals surface area contributed by atoms with Crippen molar-refractivity contribution in [1.29, 1.82) is 0 Å². The first kappa shape index (κ1) is 28.7. The normalized spacial score (nSPS) is 14.0. The number of oxazole rings is 1. The van der Waals surface area contributed by atoms with Crippen LogP contribution in [0.2, 0.25) is 0 Å². The first-order valence-electron chi connectivity index (χ1n) is 13.6. The van der Waals surface area contributed by atoms with E-state index < -0.39 is 18.2 Å². The zero-order valence-electron chi connectivity index (χ0n) is 23.2. The van der Waals surface area contributed by atoms with E-state index in [9.17, 15) is 9.59 Å². The number of nitrogens with zero attached hydrogens (tertiary/aromatic N) is 2. The minimum Gasteiger partial charge on any atom is -0.496 e. The summed E-state index contributed by atoms with van der Waals surface area (Å²) in [7, 11) is 1.54. The third kappa shape index (κ3) is 7.87. The van der Waals surface area contributed by atoms with Crippen molar-refractivity contribution in [3.8, 4) is 17.1 Å². The maximum Gasteiger partial charge on any atom is 0.408 e. The Labute approximate surface area is 243 Å². The number of urea groups is 1. The fraction of sp³-hybridized carbons (Fsp3) is 0.258. The summed E-state index contributed by atoms with van der Waals surface area (Å²) < 4.78 is 22.1. The van der Waals surface area contributed by atoms with Crippen molar-refractivity contribution in [2.75, 3.05) is 50.6 Å². The molecule has 2 heterocycles. The highest BCUT2D eigenvalue weighted by atomic mass is 16.6. The number of aromatic nitrogens is 1. The quantitative estimate of drug-likeness (QED) is 0.234. The van der Waals surface area contributed by atoms with Crippen LogP contribution in [0.1, 0.15) is 17.2 Å². The van der Waals surface area contributed by atoms with Crippen LogP contribution in [-0.4, -0.2) is 62.0 Å². The van der Waals surface area contributed by atoms with Gasteiger partial charge in [-0.15, -0.1) is 0 Å². The van der Waals surface area contributed by atoms with Gasteiger partial charge in [0.15, 0.2) is 12.2 Å². The van der Waals surface area contributed by atoms with Crippen LogP contribution in [0, 0.1) is 0 Å². The number of hydrogen-bond acceptors (Lipinski definition) is 8. The molecule has 0 radical (unpaired) electrons. The van der Waals surface area contributed by atoms with Crippen molar-refractivity contribution in [2.45, 2.75) is 12.6 Å². The number of alkyl carbamates (subject to hydrolysis) is 1. The van der Waals surface area contributed by atoms with E-state index in [4.69, 9.17) is 18.6 Å². The number of ether oxygens (including phenoxy) is 3. The highest BCUT2D eigenvalue weighted by Crippen LogP contribution is 2.32. The molecule has 0 bridgehead atoms. The molecule has 0 unspecified atom stereocenters. The summed E-state index contributed by atoms with van der Waals surface area (Å²) in [6.07, 6.45) is 2.00. The van der Waals surface area contributed by atoms with Gasteiger partial charge in [0, 0.05) is 43.6 Å². The highest BCUT2D eigenvalue weighted by molar-refractivity contribution is 6.00. The Bertz CT molecular complexity index is 1460. The van der Waals surface area contributed by atoms with Crippen molar-refractivity contribution < 1.29 is 28.2 Å². The van der Waals surface area contributed by atoms with E-state index in [0.29, 0.717) is 42.6 Å². The van der Waals surface area contributed by atoms with Crippen LogP contribution in [-0.2, 0) is 16.0 Å². The third-order valence-corrected chi connectivity index (χ3v) is 6.73. The number of carbonyl (C=O) groups is 2. The number of nitrogens with one attached hydrogen (secondary N) is 3. The average molecular weight is 572 g/mol. The molecular formula is C31H33N5O6. The number of anilines is 2. The monoisotopic (exact) mass is 571 g/mol. The summed E-state index contributed by atoms with van der Waals surface area (Å²) in [4.78, 5) is 31.6. The summed E-state index contributed by atoms with van der Waals surface area (Å²) in [6.45, 7) is 3.74. The van der Waals surface area contributed by atoms with Gasteiger partial charge >= 0.3 is 12.1 Å². The van der Waals surface area contributed by atoms with E-state index in [1.165, 1.54) is 6.39 Å². The molecule has 1 aromatic heterocycles. The Morgan fingerprint density at radius 3 is 2.50 bits per heavy atom. The Kier molecular flexibility index (Phi) is 9.65. The molecule has 3 aromatic carbocycles. The van der Waals surface area contributed by atoms with Gasteiger partial charge in [0.05, 0.1) is 32.1 Å². The van der Waals surface area contributed by atoms with E-state index >= 15 is 0 Å². The Morgan fingerprint density at radius 1 is 0.976 bits per heavy atom. The van der Waals surface area contributed by atoms with Crippen LogP contribution in [0.5, 0.6) is 5.75 Å². The van der Waals surface area contributed by atoms with Crippen LogP contribution in [0.25, 0.3) is 11.3 Å².